The molecule has 0 saturated carbocycles. The lowest BCUT2D eigenvalue weighted by Crippen LogP contribution is -2.29. The van der Waals surface area contributed by atoms with Gasteiger partial charge in [-0.05, 0) is 44.1 Å². The van der Waals surface area contributed by atoms with E-state index in [2.05, 4.69) is 16.8 Å². The number of aromatic nitrogens is 2. The van der Waals surface area contributed by atoms with Crippen LogP contribution in [-0.2, 0) is 0 Å². The van der Waals surface area contributed by atoms with Crippen molar-refractivity contribution in [1.82, 2.24) is 14.5 Å². The quantitative estimate of drug-likeness (QED) is 0.756. The lowest BCUT2D eigenvalue weighted by atomic mass is 10.1. The smallest absolute Gasteiger partial charge is 0.266 e. The van der Waals surface area contributed by atoms with Crippen molar-refractivity contribution in [1.29, 1.82) is 0 Å². The Hall–Kier alpha value is -2.10. The molecule has 6 heteroatoms. The summed E-state index contributed by atoms with van der Waals surface area (Å²) in [5.74, 6) is 5.94. The molecule has 2 aromatic rings. The molecular weight excluding hydrogens is 310 g/mol. The topological polar surface area (TPSA) is 58.4 Å². The van der Waals surface area contributed by atoms with Crippen LogP contribution in [0.5, 0.6) is 0 Å². The molecule has 23 heavy (non-hydrogen) atoms. The monoisotopic (exact) mass is 327 g/mol. The van der Waals surface area contributed by atoms with Crippen LogP contribution in [0.4, 0.5) is 0 Å². The molecule has 1 fully saturated rings. The largest absolute Gasteiger partial charge is 0.378 e. The zero-order valence-electron chi connectivity index (χ0n) is 13.0. The first-order valence-corrected chi connectivity index (χ1v) is 8.55. The first kappa shape index (κ1) is 14.5. The summed E-state index contributed by atoms with van der Waals surface area (Å²) in [5.41, 5.74) is 1.42. The van der Waals surface area contributed by atoms with E-state index >= 15 is 0 Å². The Bertz CT molecular complexity index is 847. The standard InChI is InChI=1S/C17H17N3O2S/c1-17(2,22)7-5-11-14-12-4-3-8-19(12)16(21)15-13(6-9-23-15)20(14)10-18-11/h6,9-10,12,22H,3-4,8H2,1-2H3/t12-/m0/s1. The average molecular weight is 327 g/mol. The van der Waals surface area contributed by atoms with E-state index in [1.165, 1.54) is 11.3 Å². The van der Waals surface area contributed by atoms with E-state index in [1.54, 1.807) is 20.2 Å². The molecule has 1 atom stereocenters. The molecule has 0 aromatic carbocycles. The fourth-order valence-electron chi connectivity index (χ4n) is 3.25. The van der Waals surface area contributed by atoms with E-state index in [0.717, 1.165) is 35.6 Å². The van der Waals surface area contributed by atoms with Gasteiger partial charge in [-0.2, -0.15) is 0 Å². The van der Waals surface area contributed by atoms with Crippen molar-refractivity contribution in [2.24, 2.45) is 0 Å². The highest BCUT2D eigenvalue weighted by molar-refractivity contribution is 7.12. The van der Waals surface area contributed by atoms with E-state index in [4.69, 9.17) is 0 Å². The minimum atomic E-state index is -1.07. The molecule has 0 radical (unpaired) electrons. The van der Waals surface area contributed by atoms with Crippen LogP contribution in [0.25, 0.3) is 5.69 Å². The van der Waals surface area contributed by atoms with Gasteiger partial charge in [-0.15, -0.1) is 11.3 Å². The summed E-state index contributed by atoms with van der Waals surface area (Å²) in [6.07, 6.45) is 3.65. The first-order chi connectivity index (χ1) is 11.0. The molecule has 4 rings (SSSR count). The molecule has 4 heterocycles. The molecule has 0 unspecified atom stereocenters. The Balaban J connectivity index is 1.93. The summed E-state index contributed by atoms with van der Waals surface area (Å²) in [7, 11) is 0. The molecule has 0 aliphatic carbocycles. The van der Waals surface area contributed by atoms with Crippen molar-refractivity contribution in [2.45, 2.75) is 38.3 Å². The highest BCUT2D eigenvalue weighted by Gasteiger charge is 2.39. The van der Waals surface area contributed by atoms with Gasteiger partial charge in [-0.25, -0.2) is 4.98 Å². The number of rotatable bonds is 0. The van der Waals surface area contributed by atoms with Crippen LogP contribution in [0.15, 0.2) is 17.8 Å². The predicted octanol–water partition coefficient (Wildman–Crippen LogP) is 2.35. The van der Waals surface area contributed by atoms with Crippen molar-refractivity contribution < 1.29 is 9.90 Å². The molecule has 0 spiro atoms. The summed E-state index contributed by atoms with van der Waals surface area (Å²) in [5, 5.41) is 11.8. The molecule has 2 aromatic heterocycles. The third-order valence-corrected chi connectivity index (χ3v) is 5.11. The molecule has 1 N–H and O–H groups in total. The Morgan fingerprint density at radius 1 is 1.48 bits per heavy atom. The Morgan fingerprint density at radius 2 is 2.30 bits per heavy atom. The molecule has 0 bridgehead atoms. The van der Waals surface area contributed by atoms with Gasteiger partial charge in [-0.3, -0.25) is 9.36 Å². The minimum absolute atomic E-state index is 0.00991. The maximum atomic E-state index is 12.8. The summed E-state index contributed by atoms with van der Waals surface area (Å²) in [6, 6.07) is 1.97. The maximum absolute atomic E-state index is 12.8. The number of imidazole rings is 1. The van der Waals surface area contributed by atoms with E-state index in [1.807, 2.05) is 20.9 Å². The van der Waals surface area contributed by atoms with E-state index in [0.29, 0.717) is 5.69 Å². The van der Waals surface area contributed by atoms with E-state index < -0.39 is 5.60 Å². The Labute approximate surface area is 138 Å². The summed E-state index contributed by atoms with van der Waals surface area (Å²) in [6.45, 7) is 4.07. The Morgan fingerprint density at radius 3 is 3.09 bits per heavy atom. The highest BCUT2D eigenvalue weighted by Crippen LogP contribution is 2.40. The first-order valence-electron chi connectivity index (χ1n) is 7.67. The van der Waals surface area contributed by atoms with E-state index in [-0.39, 0.29) is 11.9 Å². The number of nitrogens with zero attached hydrogens (tertiary/aromatic N) is 3. The average Bonchev–Trinajstić information content (AvgIpc) is 3.20. The van der Waals surface area contributed by atoms with Gasteiger partial charge in [0.15, 0.2) is 0 Å². The second kappa shape index (κ2) is 4.95. The fourth-order valence-corrected chi connectivity index (χ4v) is 4.09. The summed E-state index contributed by atoms with van der Waals surface area (Å²) in [4.78, 5) is 19.9. The van der Waals surface area contributed by atoms with Gasteiger partial charge in [0, 0.05) is 6.54 Å². The zero-order valence-corrected chi connectivity index (χ0v) is 13.9. The molecule has 2 aliphatic rings. The fraction of sp³-hybridized carbons (Fsp3) is 0.412. The van der Waals surface area contributed by atoms with Crippen LogP contribution >= 0.6 is 11.3 Å². The van der Waals surface area contributed by atoms with Gasteiger partial charge in [0.1, 0.15) is 22.5 Å². The van der Waals surface area contributed by atoms with Crippen LogP contribution in [-0.4, -0.2) is 37.6 Å². The van der Waals surface area contributed by atoms with Crippen LogP contribution in [0, 0.1) is 11.8 Å². The van der Waals surface area contributed by atoms with Crippen LogP contribution in [0.1, 0.15) is 53.8 Å². The number of fused-ring (bicyclic) bond motifs is 5. The van der Waals surface area contributed by atoms with Crippen molar-refractivity contribution in [3.8, 4) is 17.5 Å². The summed E-state index contributed by atoms with van der Waals surface area (Å²) < 4.78 is 1.99. The molecule has 1 saturated heterocycles. The highest BCUT2D eigenvalue weighted by atomic mass is 32.1. The predicted molar refractivity (Wildman–Crippen MR) is 87.6 cm³/mol. The number of thiophene rings is 1. The second-order valence-corrected chi connectivity index (χ2v) is 7.37. The normalized spacial score (nSPS) is 19.5. The SMILES string of the molecule is CC(C)(O)C#Cc1ncn2c1[C@@H]1CCCN1C(=O)c1sccc1-2. The van der Waals surface area contributed by atoms with Crippen LogP contribution < -0.4 is 0 Å². The van der Waals surface area contributed by atoms with Gasteiger partial charge in [0.2, 0.25) is 0 Å². The number of hydrogen-bond acceptors (Lipinski definition) is 4. The van der Waals surface area contributed by atoms with Gasteiger partial charge in [0.25, 0.3) is 5.91 Å². The minimum Gasteiger partial charge on any atom is -0.378 e. The number of amides is 1. The number of carbonyl (C=O) groups is 1. The molecule has 1 amide bonds. The Kier molecular flexibility index (Phi) is 3.12. The lowest BCUT2D eigenvalue weighted by Gasteiger charge is -2.22. The van der Waals surface area contributed by atoms with Crippen molar-refractivity contribution in [3.63, 3.8) is 0 Å². The van der Waals surface area contributed by atoms with E-state index in [9.17, 15) is 9.90 Å². The van der Waals surface area contributed by atoms with Crippen LogP contribution in [0.3, 0.4) is 0 Å². The second-order valence-electron chi connectivity index (χ2n) is 6.45. The maximum Gasteiger partial charge on any atom is 0.266 e. The third-order valence-electron chi connectivity index (χ3n) is 4.22. The van der Waals surface area contributed by atoms with Crippen LogP contribution in [0.2, 0.25) is 0 Å². The molecule has 5 nitrogen and oxygen atoms in total. The number of aliphatic hydroxyl groups is 1. The van der Waals surface area contributed by atoms with Gasteiger partial charge in [-0.1, -0.05) is 5.92 Å². The van der Waals surface area contributed by atoms with Gasteiger partial charge < -0.3 is 10.0 Å². The molecule has 2 aliphatic heterocycles. The summed E-state index contributed by atoms with van der Waals surface area (Å²) >= 11 is 1.47. The molecular formula is C17H17N3O2S. The number of carbonyl (C=O) groups excluding carboxylic acids is 1. The van der Waals surface area contributed by atoms with Crippen molar-refractivity contribution >= 4 is 17.2 Å². The molecule has 118 valence electrons. The lowest BCUT2D eigenvalue weighted by molar-refractivity contribution is 0.0743. The van der Waals surface area contributed by atoms with Gasteiger partial charge >= 0.3 is 0 Å². The zero-order chi connectivity index (χ0) is 16.2. The van der Waals surface area contributed by atoms with Gasteiger partial charge in [0.05, 0.1) is 17.4 Å². The van der Waals surface area contributed by atoms with Crippen molar-refractivity contribution in [3.05, 3.63) is 34.0 Å². The van der Waals surface area contributed by atoms with Crippen molar-refractivity contribution in [2.75, 3.05) is 6.54 Å². The third kappa shape index (κ3) is 2.28. The number of hydrogen-bond donors (Lipinski definition) is 1.